The fourth-order valence-corrected chi connectivity index (χ4v) is 3.17. The molecule has 0 heterocycles. The lowest BCUT2D eigenvalue weighted by atomic mass is 9.80. The molecule has 0 saturated heterocycles. The molecule has 1 atom stereocenters. The van der Waals surface area contributed by atoms with Crippen LogP contribution in [0.15, 0.2) is 18.2 Å². The second-order valence-corrected chi connectivity index (χ2v) is 6.12. The summed E-state index contributed by atoms with van der Waals surface area (Å²) in [4.78, 5) is 11.5. The average molecular weight is 301 g/mol. The molecule has 1 aliphatic rings. The summed E-state index contributed by atoms with van der Waals surface area (Å²) in [5.41, 5.74) is 0.757. The molecule has 0 radical (unpaired) electrons. The van der Waals surface area contributed by atoms with Crippen molar-refractivity contribution in [3.05, 3.63) is 33.8 Å². The lowest BCUT2D eigenvalue weighted by Crippen LogP contribution is -2.18. The third-order valence-corrected chi connectivity index (χ3v) is 4.68. The summed E-state index contributed by atoms with van der Waals surface area (Å²) in [7, 11) is 0. The van der Waals surface area contributed by atoms with Crippen LogP contribution in [0.4, 0.5) is 0 Å². The molecule has 0 amide bonds. The SMILES string of the molecule is O=C(O)C(CC1CCCCC1)c1ccc(Cl)c(Cl)c1. The zero-order valence-corrected chi connectivity index (χ0v) is 12.3. The highest BCUT2D eigenvalue weighted by Gasteiger charge is 2.25. The first-order chi connectivity index (χ1) is 9.08. The number of carbonyl (C=O) groups is 1. The van der Waals surface area contributed by atoms with Crippen molar-refractivity contribution in [2.45, 2.75) is 44.4 Å². The summed E-state index contributed by atoms with van der Waals surface area (Å²) in [6.45, 7) is 0. The van der Waals surface area contributed by atoms with Gasteiger partial charge in [0.15, 0.2) is 0 Å². The minimum Gasteiger partial charge on any atom is -0.481 e. The Morgan fingerprint density at radius 3 is 2.47 bits per heavy atom. The van der Waals surface area contributed by atoms with E-state index in [-0.39, 0.29) is 0 Å². The van der Waals surface area contributed by atoms with E-state index in [1.54, 1.807) is 18.2 Å². The molecule has 2 nitrogen and oxygen atoms in total. The molecule has 19 heavy (non-hydrogen) atoms. The van der Waals surface area contributed by atoms with Crippen molar-refractivity contribution in [2.75, 3.05) is 0 Å². The Morgan fingerprint density at radius 1 is 1.21 bits per heavy atom. The van der Waals surface area contributed by atoms with Crippen molar-refractivity contribution >= 4 is 29.2 Å². The fourth-order valence-electron chi connectivity index (χ4n) is 2.86. The zero-order chi connectivity index (χ0) is 13.8. The molecule has 0 bridgehead atoms. The van der Waals surface area contributed by atoms with Crippen LogP contribution in [-0.2, 0) is 4.79 Å². The highest BCUT2D eigenvalue weighted by molar-refractivity contribution is 6.42. The lowest BCUT2D eigenvalue weighted by Gasteiger charge is -2.25. The quantitative estimate of drug-likeness (QED) is 0.836. The first kappa shape index (κ1) is 14.7. The third kappa shape index (κ3) is 3.87. The molecular formula is C15H18Cl2O2. The number of rotatable bonds is 4. The van der Waals surface area contributed by atoms with Gasteiger partial charge in [0.2, 0.25) is 0 Å². The van der Waals surface area contributed by atoms with Crippen molar-refractivity contribution in [1.82, 2.24) is 0 Å². The number of hydrogen-bond acceptors (Lipinski definition) is 1. The fraction of sp³-hybridized carbons (Fsp3) is 0.533. The maximum Gasteiger partial charge on any atom is 0.310 e. The molecule has 1 unspecified atom stereocenters. The molecule has 1 saturated carbocycles. The Labute approximate surface area is 123 Å². The van der Waals surface area contributed by atoms with E-state index in [1.165, 1.54) is 19.3 Å². The molecule has 0 aromatic heterocycles. The van der Waals surface area contributed by atoms with Crippen LogP contribution in [0.2, 0.25) is 10.0 Å². The molecule has 4 heteroatoms. The van der Waals surface area contributed by atoms with Crippen molar-refractivity contribution in [2.24, 2.45) is 5.92 Å². The van der Waals surface area contributed by atoms with Crippen LogP contribution in [0.5, 0.6) is 0 Å². The molecule has 1 N–H and O–H groups in total. The van der Waals surface area contributed by atoms with Gasteiger partial charge in [-0.2, -0.15) is 0 Å². The zero-order valence-electron chi connectivity index (χ0n) is 10.7. The van der Waals surface area contributed by atoms with Crippen molar-refractivity contribution in [3.8, 4) is 0 Å². The van der Waals surface area contributed by atoms with Gasteiger partial charge in [0.1, 0.15) is 0 Å². The van der Waals surface area contributed by atoms with E-state index in [1.807, 2.05) is 0 Å². The van der Waals surface area contributed by atoms with Crippen molar-refractivity contribution in [1.29, 1.82) is 0 Å². The number of benzene rings is 1. The predicted molar refractivity (Wildman–Crippen MR) is 78.0 cm³/mol. The van der Waals surface area contributed by atoms with Crippen LogP contribution in [0.25, 0.3) is 0 Å². The third-order valence-electron chi connectivity index (χ3n) is 3.94. The largest absolute Gasteiger partial charge is 0.481 e. The van der Waals surface area contributed by atoms with Gasteiger partial charge in [-0.1, -0.05) is 61.4 Å². The number of hydrogen-bond donors (Lipinski definition) is 1. The molecule has 1 fully saturated rings. The van der Waals surface area contributed by atoms with Crippen LogP contribution >= 0.6 is 23.2 Å². The van der Waals surface area contributed by atoms with E-state index >= 15 is 0 Å². The van der Waals surface area contributed by atoms with Crippen LogP contribution < -0.4 is 0 Å². The van der Waals surface area contributed by atoms with Crippen LogP contribution in [0.1, 0.15) is 50.0 Å². The Bertz CT molecular complexity index is 453. The van der Waals surface area contributed by atoms with Crippen LogP contribution in [0, 0.1) is 5.92 Å². The first-order valence-electron chi connectivity index (χ1n) is 6.75. The van der Waals surface area contributed by atoms with E-state index < -0.39 is 11.9 Å². The van der Waals surface area contributed by atoms with Gasteiger partial charge in [-0.05, 0) is 30.0 Å². The minimum absolute atomic E-state index is 0.425. The monoisotopic (exact) mass is 300 g/mol. The van der Waals surface area contributed by atoms with Gasteiger partial charge in [-0.15, -0.1) is 0 Å². The Morgan fingerprint density at radius 2 is 1.89 bits per heavy atom. The number of carboxylic acid groups (broad SMARTS) is 1. The lowest BCUT2D eigenvalue weighted by molar-refractivity contribution is -0.139. The molecule has 104 valence electrons. The molecule has 1 aromatic carbocycles. The summed E-state index contributed by atoms with van der Waals surface area (Å²) in [6.07, 6.45) is 6.71. The van der Waals surface area contributed by atoms with E-state index in [4.69, 9.17) is 23.2 Å². The second-order valence-electron chi connectivity index (χ2n) is 5.30. The highest BCUT2D eigenvalue weighted by Crippen LogP contribution is 2.35. The molecule has 1 aliphatic carbocycles. The standard InChI is InChI=1S/C15H18Cl2O2/c16-13-7-6-11(9-14(13)17)12(15(18)19)8-10-4-2-1-3-5-10/h6-7,9-10,12H,1-5,8H2,(H,18,19). The molecule has 2 rings (SSSR count). The molecule has 0 aliphatic heterocycles. The first-order valence-corrected chi connectivity index (χ1v) is 7.51. The Balaban J connectivity index is 2.14. The van der Waals surface area contributed by atoms with Crippen LogP contribution in [-0.4, -0.2) is 11.1 Å². The number of aliphatic carboxylic acids is 1. The minimum atomic E-state index is -0.774. The average Bonchev–Trinajstić information content (AvgIpc) is 2.40. The second kappa shape index (κ2) is 6.62. The van der Waals surface area contributed by atoms with Crippen molar-refractivity contribution < 1.29 is 9.90 Å². The Hall–Kier alpha value is -0.730. The molecule has 1 aromatic rings. The van der Waals surface area contributed by atoms with Gasteiger partial charge in [-0.3, -0.25) is 4.79 Å². The van der Waals surface area contributed by atoms with Gasteiger partial charge in [0.05, 0.1) is 16.0 Å². The highest BCUT2D eigenvalue weighted by atomic mass is 35.5. The van der Waals surface area contributed by atoms with Gasteiger partial charge in [0.25, 0.3) is 0 Å². The van der Waals surface area contributed by atoms with Crippen LogP contribution in [0.3, 0.4) is 0 Å². The normalized spacial score (nSPS) is 18.2. The van der Waals surface area contributed by atoms with Gasteiger partial charge in [0, 0.05) is 0 Å². The summed E-state index contributed by atoms with van der Waals surface area (Å²) in [6, 6.07) is 5.14. The summed E-state index contributed by atoms with van der Waals surface area (Å²) < 4.78 is 0. The van der Waals surface area contributed by atoms with E-state index in [2.05, 4.69) is 0 Å². The van der Waals surface area contributed by atoms with E-state index in [0.717, 1.165) is 18.4 Å². The van der Waals surface area contributed by atoms with E-state index in [9.17, 15) is 9.90 Å². The summed E-state index contributed by atoms with van der Waals surface area (Å²) >= 11 is 11.9. The van der Waals surface area contributed by atoms with Gasteiger partial charge in [-0.25, -0.2) is 0 Å². The molecular weight excluding hydrogens is 283 g/mol. The smallest absolute Gasteiger partial charge is 0.310 e. The predicted octanol–water partition coefficient (Wildman–Crippen LogP) is 5.13. The van der Waals surface area contributed by atoms with Crippen molar-refractivity contribution in [3.63, 3.8) is 0 Å². The Kier molecular flexibility index (Phi) is 5.12. The van der Waals surface area contributed by atoms with Gasteiger partial charge >= 0.3 is 5.97 Å². The maximum absolute atomic E-state index is 11.5. The maximum atomic E-state index is 11.5. The number of halogens is 2. The number of carboxylic acids is 1. The molecule has 0 spiro atoms. The topological polar surface area (TPSA) is 37.3 Å². The van der Waals surface area contributed by atoms with E-state index in [0.29, 0.717) is 22.4 Å². The summed E-state index contributed by atoms with van der Waals surface area (Å²) in [5, 5.41) is 10.3. The van der Waals surface area contributed by atoms with Gasteiger partial charge < -0.3 is 5.11 Å². The summed E-state index contributed by atoms with van der Waals surface area (Å²) in [5.74, 6) is -0.730.